The summed E-state index contributed by atoms with van der Waals surface area (Å²) in [5, 5.41) is 0. The lowest BCUT2D eigenvalue weighted by atomic mass is 9.81. The van der Waals surface area contributed by atoms with Gasteiger partial charge in [0.05, 0.1) is 18.0 Å². The molecule has 2 aliphatic heterocycles. The van der Waals surface area contributed by atoms with Crippen LogP contribution in [0.5, 0.6) is 0 Å². The summed E-state index contributed by atoms with van der Waals surface area (Å²) in [5.74, 6) is -0.286. The second-order valence-electron chi connectivity index (χ2n) is 7.66. The Morgan fingerprint density at radius 3 is 1.97 bits per heavy atom. The van der Waals surface area contributed by atoms with Gasteiger partial charge in [0, 0.05) is 12.2 Å². The summed E-state index contributed by atoms with van der Waals surface area (Å²) < 4.78 is 5.35. The third-order valence-corrected chi connectivity index (χ3v) is 5.94. The Morgan fingerprint density at radius 1 is 0.767 bits per heavy atom. The molecule has 2 fully saturated rings. The van der Waals surface area contributed by atoms with Crippen LogP contribution in [0.3, 0.4) is 0 Å². The van der Waals surface area contributed by atoms with Gasteiger partial charge in [-0.1, -0.05) is 78.9 Å². The van der Waals surface area contributed by atoms with Crippen LogP contribution in [0.2, 0.25) is 0 Å². The molecule has 0 bridgehead atoms. The molecule has 30 heavy (non-hydrogen) atoms. The predicted octanol–water partition coefficient (Wildman–Crippen LogP) is 4.58. The van der Waals surface area contributed by atoms with Crippen LogP contribution in [0.1, 0.15) is 23.2 Å². The van der Waals surface area contributed by atoms with Gasteiger partial charge in [-0.15, -0.1) is 0 Å². The third kappa shape index (κ3) is 3.12. The summed E-state index contributed by atoms with van der Waals surface area (Å²) >= 11 is 0. The molecule has 0 spiro atoms. The average molecular weight is 398 g/mol. The van der Waals surface area contributed by atoms with Crippen molar-refractivity contribution in [3.05, 3.63) is 102 Å². The molecule has 2 saturated heterocycles. The summed E-state index contributed by atoms with van der Waals surface area (Å²) in [6.07, 6.45) is -0.360. The van der Waals surface area contributed by atoms with Gasteiger partial charge in [-0.3, -0.25) is 9.69 Å². The number of nitrogens with zero attached hydrogens (tertiary/aromatic N) is 2. The van der Waals surface area contributed by atoms with Crippen molar-refractivity contribution in [2.45, 2.75) is 12.1 Å². The minimum absolute atomic E-state index is 0.0292. The zero-order valence-corrected chi connectivity index (χ0v) is 16.4. The van der Waals surface area contributed by atoms with E-state index >= 15 is 0 Å². The Kier molecular flexibility index (Phi) is 4.71. The topological polar surface area (TPSA) is 49.9 Å². The number of para-hydroxylation sites is 1. The zero-order chi connectivity index (χ0) is 20.5. The van der Waals surface area contributed by atoms with E-state index < -0.39 is 0 Å². The van der Waals surface area contributed by atoms with Crippen LogP contribution in [-0.2, 0) is 9.53 Å². The number of carbonyl (C=O) groups excluding carboxylic acids is 2. The third-order valence-electron chi connectivity index (χ3n) is 5.94. The van der Waals surface area contributed by atoms with E-state index in [1.54, 1.807) is 4.90 Å². The second kappa shape index (κ2) is 7.67. The Hall–Kier alpha value is -3.60. The van der Waals surface area contributed by atoms with E-state index in [-0.39, 0.29) is 30.0 Å². The van der Waals surface area contributed by atoms with Gasteiger partial charge in [-0.2, -0.15) is 0 Å². The molecular weight excluding hydrogens is 376 g/mol. The maximum atomic E-state index is 13.2. The van der Waals surface area contributed by atoms with E-state index in [2.05, 4.69) is 0 Å². The van der Waals surface area contributed by atoms with Gasteiger partial charge in [-0.25, -0.2) is 4.79 Å². The Morgan fingerprint density at radius 2 is 1.33 bits per heavy atom. The highest BCUT2D eigenvalue weighted by atomic mass is 16.6. The number of rotatable bonds is 5. The lowest BCUT2D eigenvalue weighted by Gasteiger charge is -2.48. The number of benzene rings is 3. The van der Waals surface area contributed by atoms with Gasteiger partial charge in [0.1, 0.15) is 6.61 Å². The number of anilines is 1. The summed E-state index contributed by atoms with van der Waals surface area (Å²) in [7, 11) is 0. The molecule has 0 aliphatic carbocycles. The lowest BCUT2D eigenvalue weighted by molar-refractivity contribution is -0.131. The molecule has 3 aromatic rings. The number of carbonyl (C=O) groups is 2. The number of β-lactam (4-membered cyclic amide) rings is 1. The lowest BCUT2D eigenvalue weighted by Crippen LogP contribution is -2.59. The van der Waals surface area contributed by atoms with E-state index in [0.717, 1.165) is 16.8 Å². The number of amides is 2. The van der Waals surface area contributed by atoms with Crippen molar-refractivity contribution in [3.63, 3.8) is 0 Å². The van der Waals surface area contributed by atoms with E-state index in [1.165, 1.54) is 0 Å². The van der Waals surface area contributed by atoms with Crippen molar-refractivity contribution < 1.29 is 14.3 Å². The van der Waals surface area contributed by atoms with E-state index in [9.17, 15) is 9.59 Å². The first-order chi connectivity index (χ1) is 14.7. The van der Waals surface area contributed by atoms with E-state index in [1.807, 2.05) is 95.9 Å². The molecule has 0 N–H and O–H groups in total. The van der Waals surface area contributed by atoms with Gasteiger partial charge < -0.3 is 9.64 Å². The van der Waals surface area contributed by atoms with Crippen LogP contribution in [0, 0.1) is 5.92 Å². The van der Waals surface area contributed by atoms with Gasteiger partial charge in [0.2, 0.25) is 5.91 Å². The van der Waals surface area contributed by atoms with Crippen LogP contribution >= 0.6 is 0 Å². The van der Waals surface area contributed by atoms with Crippen molar-refractivity contribution in [1.82, 2.24) is 4.90 Å². The molecule has 3 aromatic carbocycles. The molecule has 150 valence electrons. The fourth-order valence-corrected chi connectivity index (χ4v) is 4.45. The zero-order valence-electron chi connectivity index (χ0n) is 16.4. The molecule has 5 nitrogen and oxygen atoms in total. The Bertz CT molecular complexity index is 1040. The van der Waals surface area contributed by atoms with Crippen LogP contribution in [0.4, 0.5) is 10.5 Å². The van der Waals surface area contributed by atoms with Gasteiger partial charge in [-0.05, 0) is 23.3 Å². The minimum atomic E-state index is -0.360. The maximum Gasteiger partial charge on any atom is 0.410 e. The minimum Gasteiger partial charge on any atom is -0.447 e. The quantitative estimate of drug-likeness (QED) is 0.591. The van der Waals surface area contributed by atoms with Crippen LogP contribution < -0.4 is 4.90 Å². The first kappa shape index (κ1) is 18.4. The summed E-state index contributed by atoms with van der Waals surface area (Å²) in [6, 6.07) is 29.2. The van der Waals surface area contributed by atoms with Gasteiger partial charge >= 0.3 is 6.09 Å². The highest BCUT2D eigenvalue weighted by Crippen LogP contribution is 2.45. The van der Waals surface area contributed by atoms with Crippen molar-refractivity contribution in [2.24, 2.45) is 5.92 Å². The molecule has 5 heteroatoms. The summed E-state index contributed by atoms with van der Waals surface area (Å²) in [5.41, 5.74) is 2.96. The number of cyclic esters (lactones) is 1. The number of hydrogen-bond donors (Lipinski definition) is 0. The number of ether oxygens (including phenoxy) is 1. The second-order valence-corrected chi connectivity index (χ2v) is 7.66. The fraction of sp³-hybridized carbons (Fsp3) is 0.200. The normalized spacial score (nSPS) is 23.3. The van der Waals surface area contributed by atoms with Crippen molar-refractivity contribution >= 4 is 17.7 Å². The Balaban J connectivity index is 1.45. The molecule has 2 aliphatic rings. The SMILES string of the molecule is O=C1OC[C@H](c2ccccc2)N1C[C@@H]1C(=O)N(c2ccccc2)[C@@H]1c1ccccc1. The number of hydrogen-bond acceptors (Lipinski definition) is 3. The molecule has 2 heterocycles. The molecular formula is C25H22N2O3. The van der Waals surface area contributed by atoms with Crippen molar-refractivity contribution in [3.8, 4) is 0 Å². The maximum absolute atomic E-state index is 13.2. The molecule has 0 radical (unpaired) electrons. The largest absolute Gasteiger partial charge is 0.447 e. The molecule has 2 amide bonds. The highest BCUT2D eigenvalue weighted by Gasteiger charge is 2.51. The average Bonchev–Trinajstić information content (AvgIpc) is 3.17. The summed E-state index contributed by atoms with van der Waals surface area (Å²) in [4.78, 5) is 29.3. The molecule has 5 rings (SSSR count). The van der Waals surface area contributed by atoms with Crippen molar-refractivity contribution in [1.29, 1.82) is 0 Å². The van der Waals surface area contributed by atoms with Crippen LogP contribution in [0.15, 0.2) is 91.0 Å². The molecule has 0 saturated carbocycles. The Labute approximate surface area is 175 Å². The molecule has 3 atom stereocenters. The van der Waals surface area contributed by atoms with Gasteiger partial charge in [0.25, 0.3) is 0 Å². The smallest absolute Gasteiger partial charge is 0.410 e. The standard InChI is InChI=1S/C25H22N2O3/c28-24-21(16-26-22(17-30-25(26)29)18-10-4-1-5-11-18)23(19-12-6-2-7-13-19)27(24)20-14-8-3-9-15-20/h1-15,21-23H,16-17H2/t21-,22+,23+/m0/s1. The predicted molar refractivity (Wildman–Crippen MR) is 114 cm³/mol. The first-order valence-corrected chi connectivity index (χ1v) is 10.2. The summed E-state index contributed by atoms with van der Waals surface area (Å²) in [6.45, 7) is 0.641. The van der Waals surface area contributed by atoms with E-state index in [0.29, 0.717) is 13.2 Å². The first-order valence-electron chi connectivity index (χ1n) is 10.2. The van der Waals surface area contributed by atoms with Crippen molar-refractivity contribution in [2.75, 3.05) is 18.1 Å². The molecule has 0 unspecified atom stereocenters. The van der Waals surface area contributed by atoms with Gasteiger partial charge in [0.15, 0.2) is 0 Å². The van der Waals surface area contributed by atoms with Crippen LogP contribution in [-0.4, -0.2) is 30.1 Å². The molecule has 0 aromatic heterocycles. The van der Waals surface area contributed by atoms with Crippen LogP contribution in [0.25, 0.3) is 0 Å². The van der Waals surface area contributed by atoms with E-state index in [4.69, 9.17) is 4.74 Å². The fourth-order valence-electron chi connectivity index (χ4n) is 4.45. The highest BCUT2D eigenvalue weighted by molar-refractivity contribution is 6.03. The monoisotopic (exact) mass is 398 g/mol.